The van der Waals surface area contributed by atoms with Gasteiger partial charge in [-0.1, -0.05) is 12.1 Å². The normalized spacial score (nSPS) is 20.9. The molecule has 1 aromatic heterocycles. The number of rotatable bonds is 5. The molecular formula is C19H20N4O5S2. The SMILES string of the molecule is CC12CCC(=O)N1c1ccccc1C(=O)N2CC(=O)NCc1ccc(S(N)(=O)=O)s1. The van der Waals surface area contributed by atoms with Gasteiger partial charge in [0.2, 0.25) is 21.8 Å². The third-order valence-corrected chi connectivity index (χ3v) is 7.95. The zero-order chi connectivity index (χ0) is 21.7. The highest BCUT2D eigenvalue weighted by Gasteiger charge is 2.53. The average Bonchev–Trinajstić information content (AvgIpc) is 3.29. The van der Waals surface area contributed by atoms with Crippen molar-refractivity contribution in [3.05, 3.63) is 46.8 Å². The van der Waals surface area contributed by atoms with E-state index >= 15 is 0 Å². The molecule has 0 saturated carbocycles. The van der Waals surface area contributed by atoms with Crippen molar-refractivity contribution in [3.8, 4) is 0 Å². The first-order valence-corrected chi connectivity index (χ1v) is 11.6. The Morgan fingerprint density at radius 2 is 1.97 bits per heavy atom. The highest BCUT2D eigenvalue weighted by atomic mass is 32.2. The van der Waals surface area contributed by atoms with Gasteiger partial charge in [-0.05, 0) is 37.6 Å². The molecule has 0 aliphatic carbocycles. The molecule has 3 heterocycles. The molecule has 1 aromatic carbocycles. The van der Waals surface area contributed by atoms with Crippen LogP contribution in [0.2, 0.25) is 0 Å². The summed E-state index contributed by atoms with van der Waals surface area (Å²) >= 11 is 0.973. The van der Waals surface area contributed by atoms with Crippen LogP contribution in [0.25, 0.3) is 0 Å². The molecule has 0 spiro atoms. The standard InChI is InChI=1S/C19H20N4O5S2/c1-19-9-8-16(25)23(19)14-5-3-2-4-13(14)18(26)22(19)11-15(24)21-10-12-6-7-17(29-12)30(20,27)28/h2-7H,8-11H2,1H3,(H,21,24)(H2,20,27,28). The van der Waals surface area contributed by atoms with Crippen molar-refractivity contribution < 1.29 is 22.8 Å². The Balaban J connectivity index is 1.52. The third-order valence-electron chi connectivity index (χ3n) is 5.42. The summed E-state index contributed by atoms with van der Waals surface area (Å²) in [6, 6.07) is 9.84. The van der Waals surface area contributed by atoms with Crippen molar-refractivity contribution in [2.45, 2.75) is 36.2 Å². The minimum Gasteiger partial charge on any atom is -0.350 e. The molecule has 2 aromatic rings. The first kappa shape index (κ1) is 20.5. The van der Waals surface area contributed by atoms with Crippen LogP contribution >= 0.6 is 11.3 Å². The van der Waals surface area contributed by atoms with Gasteiger partial charge in [0.15, 0.2) is 0 Å². The molecule has 2 aliphatic rings. The summed E-state index contributed by atoms with van der Waals surface area (Å²) < 4.78 is 22.8. The van der Waals surface area contributed by atoms with Crippen molar-refractivity contribution in [2.75, 3.05) is 11.4 Å². The van der Waals surface area contributed by atoms with Gasteiger partial charge in [-0.25, -0.2) is 13.6 Å². The van der Waals surface area contributed by atoms with Crippen molar-refractivity contribution in [2.24, 2.45) is 5.14 Å². The lowest BCUT2D eigenvalue weighted by Gasteiger charge is -2.48. The highest BCUT2D eigenvalue weighted by Crippen LogP contribution is 2.43. The van der Waals surface area contributed by atoms with E-state index in [1.165, 1.54) is 11.0 Å². The monoisotopic (exact) mass is 448 g/mol. The topological polar surface area (TPSA) is 130 Å². The zero-order valence-corrected chi connectivity index (χ0v) is 17.8. The van der Waals surface area contributed by atoms with Crippen molar-refractivity contribution >= 4 is 44.8 Å². The minimum atomic E-state index is -3.79. The molecule has 1 atom stereocenters. The summed E-state index contributed by atoms with van der Waals surface area (Å²) in [5.74, 6) is -0.799. The quantitative estimate of drug-likeness (QED) is 0.705. The summed E-state index contributed by atoms with van der Waals surface area (Å²) in [5, 5.41) is 7.80. The predicted molar refractivity (Wildman–Crippen MR) is 110 cm³/mol. The maximum absolute atomic E-state index is 13.1. The number of thiophene rings is 1. The van der Waals surface area contributed by atoms with E-state index in [1.54, 1.807) is 42.2 Å². The average molecular weight is 449 g/mol. The van der Waals surface area contributed by atoms with Gasteiger partial charge in [0, 0.05) is 11.3 Å². The molecular weight excluding hydrogens is 428 g/mol. The molecule has 1 fully saturated rings. The van der Waals surface area contributed by atoms with Gasteiger partial charge in [0.1, 0.15) is 16.4 Å². The summed E-state index contributed by atoms with van der Waals surface area (Å²) in [6.45, 7) is 1.68. The molecule has 1 unspecified atom stereocenters. The number of benzene rings is 1. The number of hydrogen-bond acceptors (Lipinski definition) is 6. The fraction of sp³-hybridized carbons (Fsp3) is 0.316. The number of nitrogens with two attached hydrogens (primary N) is 1. The van der Waals surface area contributed by atoms with Crippen LogP contribution in [0.3, 0.4) is 0 Å². The van der Waals surface area contributed by atoms with E-state index in [0.29, 0.717) is 29.0 Å². The van der Waals surface area contributed by atoms with Crippen molar-refractivity contribution in [1.29, 1.82) is 0 Å². The Bertz CT molecular complexity index is 1160. The smallest absolute Gasteiger partial charge is 0.258 e. The first-order valence-electron chi connectivity index (χ1n) is 9.23. The molecule has 0 bridgehead atoms. The van der Waals surface area contributed by atoms with E-state index < -0.39 is 21.6 Å². The summed E-state index contributed by atoms with van der Waals surface area (Å²) in [7, 11) is -3.79. The van der Waals surface area contributed by atoms with Crippen LogP contribution in [0.15, 0.2) is 40.6 Å². The zero-order valence-electron chi connectivity index (χ0n) is 16.1. The van der Waals surface area contributed by atoms with E-state index in [2.05, 4.69) is 5.32 Å². The number of anilines is 1. The van der Waals surface area contributed by atoms with Crippen LogP contribution in [-0.4, -0.2) is 43.2 Å². The summed E-state index contributed by atoms with van der Waals surface area (Å²) in [6.07, 6.45) is 0.726. The predicted octanol–water partition coefficient (Wildman–Crippen LogP) is 1.01. The van der Waals surface area contributed by atoms with Gasteiger partial charge < -0.3 is 10.2 Å². The number of nitrogens with one attached hydrogen (secondary N) is 1. The van der Waals surface area contributed by atoms with E-state index in [4.69, 9.17) is 5.14 Å². The van der Waals surface area contributed by atoms with Crippen LogP contribution in [0.4, 0.5) is 5.69 Å². The maximum atomic E-state index is 13.1. The van der Waals surface area contributed by atoms with Gasteiger partial charge in [0.05, 0.1) is 17.8 Å². The van der Waals surface area contributed by atoms with E-state index in [1.807, 2.05) is 0 Å². The Labute approximate surface area is 177 Å². The van der Waals surface area contributed by atoms with Crippen molar-refractivity contribution in [1.82, 2.24) is 10.2 Å². The molecule has 2 aliphatic heterocycles. The number of carbonyl (C=O) groups is 3. The number of fused-ring (bicyclic) bond motifs is 3. The molecule has 3 N–H and O–H groups in total. The fourth-order valence-corrected chi connectivity index (χ4v) is 5.65. The Hall–Kier alpha value is -2.76. The summed E-state index contributed by atoms with van der Waals surface area (Å²) in [4.78, 5) is 41.9. The number of hydrogen-bond donors (Lipinski definition) is 2. The number of carbonyl (C=O) groups excluding carboxylic acids is 3. The molecule has 3 amide bonds. The third kappa shape index (κ3) is 3.38. The molecule has 1 saturated heterocycles. The van der Waals surface area contributed by atoms with E-state index in [9.17, 15) is 22.8 Å². The van der Waals surface area contributed by atoms with Crippen LogP contribution in [0.1, 0.15) is 35.0 Å². The Morgan fingerprint density at radius 1 is 1.23 bits per heavy atom. The van der Waals surface area contributed by atoms with Gasteiger partial charge in [-0.15, -0.1) is 11.3 Å². The lowest BCUT2D eigenvalue weighted by Crippen LogP contribution is -2.63. The number of para-hydroxylation sites is 1. The second-order valence-corrected chi connectivity index (χ2v) is 10.4. The number of nitrogens with zero attached hydrogens (tertiary/aromatic N) is 2. The molecule has 158 valence electrons. The number of sulfonamides is 1. The van der Waals surface area contributed by atoms with Gasteiger partial charge >= 0.3 is 0 Å². The lowest BCUT2D eigenvalue weighted by molar-refractivity contribution is -0.124. The summed E-state index contributed by atoms with van der Waals surface area (Å²) in [5.41, 5.74) is 0.0381. The Morgan fingerprint density at radius 3 is 2.67 bits per heavy atom. The maximum Gasteiger partial charge on any atom is 0.258 e. The highest BCUT2D eigenvalue weighted by molar-refractivity contribution is 7.91. The first-order chi connectivity index (χ1) is 14.1. The van der Waals surface area contributed by atoms with Crippen LogP contribution in [0.5, 0.6) is 0 Å². The largest absolute Gasteiger partial charge is 0.350 e. The van der Waals surface area contributed by atoms with E-state index in [0.717, 1.165) is 11.3 Å². The van der Waals surface area contributed by atoms with Crippen molar-refractivity contribution in [3.63, 3.8) is 0 Å². The molecule has 0 radical (unpaired) electrons. The van der Waals surface area contributed by atoms with E-state index in [-0.39, 0.29) is 29.1 Å². The van der Waals surface area contributed by atoms with Crippen LogP contribution in [0, 0.1) is 0 Å². The number of amides is 3. The lowest BCUT2D eigenvalue weighted by atomic mass is 9.98. The number of primary sulfonamides is 1. The second kappa shape index (κ2) is 7.18. The van der Waals surface area contributed by atoms with Gasteiger partial charge in [-0.2, -0.15) is 0 Å². The minimum absolute atomic E-state index is 0.0159. The molecule has 9 nitrogen and oxygen atoms in total. The van der Waals surface area contributed by atoms with Gasteiger partial charge in [-0.3, -0.25) is 19.3 Å². The molecule has 4 rings (SSSR count). The second-order valence-electron chi connectivity index (χ2n) is 7.40. The van der Waals surface area contributed by atoms with Gasteiger partial charge in [0.25, 0.3) is 5.91 Å². The Kier molecular flexibility index (Phi) is 4.91. The van der Waals surface area contributed by atoms with Crippen LogP contribution < -0.4 is 15.4 Å². The molecule has 11 heteroatoms. The van der Waals surface area contributed by atoms with Crippen LogP contribution in [-0.2, 0) is 26.2 Å². The fourth-order valence-electron chi connectivity index (χ4n) is 3.93. The molecule has 30 heavy (non-hydrogen) atoms.